The number of benzene rings is 3. The van der Waals surface area contributed by atoms with Crippen molar-refractivity contribution in [1.29, 1.82) is 5.41 Å². The number of anilines is 1. The number of aliphatic carboxylic acids is 1. The summed E-state index contributed by atoms with van der Waals surface area (Å²) in [5, 5.41) is 32.0. The van der Waals surface area contributed by atoms with Crippen LogP contribution in [0.15, 0.2) is 66.7 Å². The standard InChI is InChI=1S/C27H27N3O4.ClH/c1-2-18-16-21(9-8-19-6-4-3-5-7-19)25(34-15-14-31)23(17-18)24(27(32)33)30-22-12-10-20(11-13-22)26(28)29;/h3-7,10-13,16-17,24,30-31H,2,14-15H2,1H3,(H3,28,29)(H,32,33);1H/p-1. The molecule has 3 aromatic carbocycles. The van der Waals surface area contributed by atoms with Crippen molar-refractivity contribution in [2.24, 2.45) is 5.73 Å². The van der Waals surface area contributed by atoms with Gasteiger partial charge in [-0.3, -0.25) is 5.41 Å². The second-order valence-corrected chi connectivity index (χ2v) is 7.49. The van der Waals surface area contributed by atoms with Gasteiger partial charge in [-0.25, -0.2) is 0 Å². The fourth-order valence-corrected chi connectivity index (χ4v) is 3.37. The van der Waals surface area contributed by atoms with Crippen molar-refractivity contribution in [2.75, 3.05) is 18.5 Å². The lowest BCUT2D eigenvalue weighted by atomic mass is 9.96. The normalized spacial score (nSPS) is 10.8. The van der Waals surface area contributed by atoms with E-state index in [1.54, 1.807) is 30.3 Å². The van der Waals surface area contributed by atoms with Gasteiger partial charge in [0.15, 0.2) is 0 Å². The molecule has 7 nitrogen and oxygen atoms in total. The van der Waals surface area contributed by atoms with Crippen molar-refractivity contribution >= 4 is 29.9 Å². The fourth-order valence-electron chi connectivity index (χ4n) is 3.37. The Hall–Kier alpha value is -3.99. The van der Waals surface area contributed by atoms with Crippen LogP contribution >= 0.6 is 12.4 Å². The van der Waals surface area contributed by atoms with Gasteiger partial charge in [-0.05, 0) is 60.5 Å². The van der Waals surface area contributed by atoms with Gasteiger partial charge in [0.25, 0.3) is 0 Å². The third-order valence-corrected chi connectivity index (χ3v) is 5.09. The quantitative estimate of drug-likeness (QED) is 0.206. The number of amidine groups is 1. The predicted molar refractivity (Wildman–Crippen MR) is 137 cm³/mol. The van der Waals surface area contributed by atoms with E-state index in [4.69, 9.17) is 15.9 Å². The Kier molecular flexibility index (Phi) is 10.2. The average molecular weight is 493 g/mol. The molecule has 0 aliphatic heterocycles. The molecule has 0 saturated heterocycles. The zero-order valence-electron chi connectivity index (χ0n) is 19.2. The highest BCUT2D eigenvalue weighted by Crippen LogP contribution is 2.33. The third-order valence-electron chi connectivity index (χ3n) is 5.09. The number of carboxylic acid groups (broad SMARTS) is 1. The molecule has 0 bridgehead atoms. The Labute approximate surface area is 210 Å². The predicted octanol–water partition coefficient (Wildman–Crippen LogP) is 2.63. The second-order valence-electron chi connectivity index (χ2n) is 7.49. The number of aliphatic hydroxyl groups is 1. The third kappa shape index (κ3) is 7.24. The van der Waals surface area contributed by atoms with Crippen LogP contribution in [-0.2, 0) is 11.2 Å². The molecular weight excluding hydrogens is 466 g/mol. The second kappa shape index (κ2) is 13.0. The number of nitrogens with two attached hydrogens (primary N) is 1. The van der Waals surface area contributed by atoms with Crippen LogP contribution in [0.1, 0.15) is 40.8 Å². The van der Waals surface area contributed by atoms with Gasteiger partial charge in [0.2, 0.25) is 0 Å². The van der Waals surface area contributed by atoms with Crippen LogP contribution in [0, 0.1) is 17.3 Å². The summed E-state index contributed by atoms with van der Waals surface area (Å²) in [4.78, 5) is 12.2. The van der Waals surface area contributed by atoms with E-state index in [-0.39, 0.29) is 37.2 Å². The van der Waals surface area contributed by atoms with Crippen LogP contribution in [0.4, 0.5) is 5.69 Å². The minimum atomic E-state index is -1.35. The highest BCUT2D eigenvalue weighted by molar-refractivity contribution is 5.95. The van der Waals surface area contributed by atoms with E-state index >= 15 is 0 Å². The Morgan fingerprint density at radius 3 is 2.40 bits per heavy atom. The van der Waals surface area contributed by atoms with Crippen LogP contribution in [0.25, 0.3) is 0 Å². The van der Waals surface area contributed by atoms with Crippen molar-refractivity contribution < 1.29 is 19.7 Å². The number of aliphatic hydroxyl groups excluding tert-OH is 1. The Morgan fingerprint density at radius 2 is 1.83 bits per heavy atom. The van der Waals surface area contributed by atoms with Gasteiger partial charge in [0.05, 0.1) is 24.2 Å². The molecule has 0 aliphatic carbocycles. The average Bonchev–Trinajstić information content (AvgIpc) is 2.85. The molecule has 0 radical (unpaired) electrons. The topological polar surface area (TPSA) is 131 Å². The Bertz CT molecular complexity index is 1220. The molecule has 0 aliphatic rings. The van der Waals surface area contributed by atoms with E-state index in [2.05, 4.69) is 17.2 Å². The van der Waals surface area contributed by atoms with Crippen LogP contribution < -0.4 is 20.9 Å². The number of carboxylic acids is 1. The first-order valence-electron chi connectivity index (χ1n) is 10.8. The van der Waals surface area contributed by atoms with E-state index in [0.717, 1.165) is 11.1 Å². The summed E-state index contributed by atoms with van der Waals surface area (Å²) in [7, 11) is 0. The summed E-state index contributed by atoms with van der Waals surface area (Å²) in [5.41, 5.74) is 9.08. The van der Waals surface area contributed by atoms with Gasteiger partial charge < -0.3 is 30.8 Å². The minimum Gasteiger partial charge on any atom is -0.548 e. The molecule has 182 valence electrons. The largest absolute Gasteiger partial charge is 0.548 e. The summed E-state index contributed by atoms with van der Waals surface area (Å²) in [6, 6.07) is 18.3. The minimum absolute atomic E-state index is 0. The summed E-state index contributed by atoms with van der Waals surface area (Å²) in [6.45, 7) is 1.70. The first-order chi connectivity index (χ1) is 16.4. The van der Waals surface area contributed by atoms with Gasteiger partial charge in [-0.2, -0.15) is 0 Å². The maximum Gasteiger partial charge on any atom is 0.140 e. The maximum atomic E-state index is 12.2. The first-order valence-corrected chi connectivity index (χ1v) is 10.8. The Balaban J connectivity index is 0.00000432. The molecule has 5 N–H and O–H groups in total. The summed E-state index contributed by atoms with van der Waals surface area (Å²) < 4.78 is 5.80. The van der Waals surface area contributed by atoms with Crippen molar-refractivity contribution in [1.82, 2.24) is 0 Å². The van der Waals surface area contributed by atoms with Crippen LogP contribution in [0.3, 0.4) is 0 Å². The molecule has 0 amide bonds. The number of carbonyl (C=O) groups excluding carboxylic acids is 1. The molecule has 1 unspecified atom stereocenters. The molecule has 8 heteroatoms. The summed E-state index contributed by atoms with van der Waals surface area (Å²) >= 11 is 0. The smallest absolute Gasteiger partial charge is 0.140 e. The SMILES string of the molecule is CCc1cc(C#Cc2ccccc2)c(OCCO)c(C(Nc2ccc(C(=N)N)cc2)C(=O)[O-])c1.Cl. The zero-order valence-corrected chi connectivity index (χ0v) is 20.0. The van der Waals surface area contributed by atoms with Crippen LogP contribution in [0.2, 0.25) is 0 Å². The molecule has 0 spiro atoms. The highest BCUT2D eigenvalue weighted by Gasteiger charge is 2.21. The fraction of sp³-hybridized carbons (Fsp3) is 0.185. The molecule has 0 fully saturated rings. The van der Waals surface area contributed by atoms with E-state index in [1.807, 2.05) is 43.3 Å². The van der Waals surface area contributed by atoms with E-state index in [0.29, 0.717) is 28.8 Å². The molecular formula is C27H27ClN3O4-. The van der Waals surface area contributed by atoms with Gasteiger partial charge in [-0.1, -0.05) is 37.0 Å². The molecule has 3 aromatic rings. The number of halogens is 1. The lowest BCUT2D eigenvalue weighted by molar-refractivity contribution is -0.307. The molecule has 3 rings (SSSR count). The lowest BCUT2D eigenvalue weighted by Crippen LogP contribution is -2.35. The molecule has 0 heterocycles. The molecule has 1 atom stereocenters. The number of ether oxygens (including phenoxy) is 1. The zero-order chi connectivity index (χ0) is 24.5. The van der Waals surface area contributed by atoms with E-state index < -0.39 is 12.0 Å². The van der Waals surface area contributed by atoms with E-state index in [9.17, 15) is 15.0 Å². The number of nitrogen functional groups attached to an aromatic ring is 1. The van der Waals surface area contributed by atoms with Gasteiger partial charge in [0, 0.05) is 22.4 Å². The Morgan fingerprint density at radius 1 is 1.14 bits per heavy atom. The number of nitrogens with one attached hydrogen (secondary N) is 2. The van der Waals surface area contributed by atoms with E-state index in [1.165, 1.54) is 0 Å². The van der Waals surface area contributed by atoms with Crippen molar-refractivity contribution in [3.63, 3.8) is 0 Å². The monoisotopic (exact) mass is 492 g/mol. The van der Waals surface area contributed by atoms with Crippen molar-refractivity contribution in [3.8, 4) is 17.6 Å². The number of hydrogen-bond donors (Lipinski definition) is 4. The van der Waals surface area contributed by atoms with Gasteiger partial charge >= 0.3 is 0 Å². The molecule has 0 saturated carbocycles. The van der Waals surface area contributed by atoms with Crippen molar-refractivity contribution in [3.05, 3.63) is 94.5 Å². The van der Waals surface area contributed by atoms with Crippen molar-refractivity contribution in [2.45, 2.75) is 19.4 Å². The summed E-state index contributed by atoms with van der Waals surface area (Å²) in [5.74, 6) is 5.02. The molecule has 0 aromatic heterocycles. The van der Waals surface area contributed by atoms with Gasteiger partial charge in [0.1, 0.15) is 18.2 Å². The maximum absolute atomic E-state index is 12.2. The molecule has 35 heavy (non-hydrogen) atoms. The first kappa shape index (κ1) is 27.3. The van der Waals surface area contributed by atoms with Crippen LogP contribution in [0.5, 0.6) is 5.75 Å². The highest BCUT2D eigenvalue weighted by atomic mass is 35.5. The number of aryl methyl sites for hydroxylation is 1. The number of hydrogen-bond acceptors (Lipinski definition) is 6. The number of rotatable bonds is 9. The van der Waals surface area contributed by atoms with Gasteiger partial charge in [-0.15, -0.1) is 12.4 Å². The lowest BCUT2D eigenvalue weighted by Gasteiger charge is -2.25. The number of carbonyl (C=O) groups is 1. The summed E-state index contributed by atoms with van der Waals surface area (Å²) in [6.07, 6.45) is 0.653. The van der Waals surface area contributed by atoms with Crippen LogP contribution in [-0.4, -0.2) is 30.1 Å².